The van der Waals surface area contributed by atoms with Gasteiger partial charge in [0.05, 0.1) is 22.4 Å². The Hall–Kier alpha value is -2.07. The standard InChI is InChI=1S/C24H26BrCl2N5O2S/c1-13(2)9-20(29-23(34)17-7-5-15(26)11-19(17)27)22-30-31-24(32(22)4)35-12-21(33)28-16-6-8-18(25)14(3)10-16/h5-8,10-11,13,20H,9,12H2,1-4H3,(H,28,33)(H,29,34)/t20-/m0/s1. The zero-order valence-electron chi connectivity index (χ0n) is 19.7. The van der Waals surface area contributed by atoms with Gasteiger partial charge in [-0.1, -0.05) is 64.7 Å². The predicted molar refractivity (Wildman–Crippen MR) is 145 cm³/mol. The smallest absolute Gasteiger partial charge is 0.253 e. The molecule has 0 spiro atoms. The third-order valence-electron chi connectivity index (χ3n) is 5.14. The van der Waals surface area contributed by atoms with Gasteiger partial charge in [-0.2, -0.15) is 0 Å². The predicted octanol–water partition coefficient (Wildman–Crippen LogP) is 6.44. The van der Waals surface area contributed by atoms with Gasteiger partial charge >= 0.3 is 0 Å². The normalized spacial score (nSPS) is 12.0. The second-order valence-electron chi connectivity index (χ2n) is 8.48. The van der Waals surface area contributed by atoms with Gasteiger partial charge in [-0.25, -0.2) is 0 Å². The Morgan fingerprint density at radius 1 is 1.14 bits per heavy atom. The maximum absolute atomic E-state index is 12.9. The number of nitrogens with zero attached hydrogens (tertiary/aromatic N) is 3. The molecule has 0 radical (unpaired) electrons. The van der Waals surface area contributed by atoms with Gasteiger partial charge in [0, 0.05) is 22.2 Å². The first-order valence-electron chi connectivity index (χ1n) is 10.9. The van der Waals surface area contributed by atoms with Gasteiger partial charge < -0.3 is 15.2 Å². The number of aryl methyl sites for hydroxylation is 1. The average Bonchev–Trinajstić information content (AvgIpc) is 3.14. The van der Waals surface area contributed by atoms with Crippen LogP contribution in [0, 0.1) is 12.8 Å². The molecule has 1 heterocycles. The monoisotopic (exact) mass is 597 g/mol. The van der Waals surface area contributed by atoms with Crippen LogP contribution in [0.2, 0.25) is 10.0 Å². The molecule has 2 amide bonds. The molecule has 0 saturated heterocycles. The van der Waals surface area contributed by atoms with Crippen LogP contribution in [0.4, 0.5) is 5.69 Å². The highest BCUT2D eigenvalue weighted by molar-refractivity contribution is 9.10. The molecule has 0 bridgehead atoms. The van der Waals surface area contributed by atoms with E-state index < -0.39 is 0 Å². The highest BCUT2D eigenvalue weighted by Crippen LogP contribution is 2.26. The molecule has 0 fully saturated rings. The second-order valence-corrected chi connectivity index (χ2v) is 11.1. The maximum atomic E-state index is 12.9. The highest BCUT2D eigenvalue weighted by Gasteiger charge is 2.24. The minimum atomic E-state index is -0.388. The van der Waals surface area contributed by atoms with E-state index in [2.05, 4.69) is 50.6 Å². The number of benzene rings is 2. The fraction of sp³-hybridized carbons (Fsp3) is 0.333. The lowest BCUT2D eigenvalue weighted by molar-refractivity contribution is -0.113. The minimum absolute atomic E-state index is 0.148. The van der Waals surface area contributed by atoms with Crippen LogP contribution in [0.1, 0.15) is 48.1 Å². The van der Waals surface area contributed by atoms with Crippen LogP contribution in [0.5, 0.6) is 0 Å². The fourth-order valence-electron chi connectivity index (χ4n) is 3.41. The number of halogens is 3. The van der Waals surface area contributed by atoms with Crippen molar-refractivity contribution < 1.29 is 9.59 Å². The lowest BCUT2D eigenvalue weighted by atomic mass is 10.0. The van der Waals surface area contributed by atoms with Crippen molar-refractivity contribution in [3.63, 3.8) is 0 Å². The Morgan fingerprint density at radius 2 is 1.89 bits per heavy atom. The number of anilines is 1. The Morgan fingerprint density at radius 3 is 2.54 bits per heavy atom. The summed E-state index contributed by atoms with van der Waals surface area (Å²) in [4.78, 5) is 25.4. The number of carbonyl (C=O) groups excluding carboxylic acids is 2. The Labute approximate surface area is 227 Å². The number of nitrogens with one attached hydrogen (secondary N) is 2. The van der Waals surface area contributed by atoms with E-state index in [0.29, 0.717) is 28.0 Å². The molecule has 1 aromatic heterocycles. The van der Waals surface area contributed by atoms with Gasteiger partial charge in [-0.05, 0) is 61.2 Å². The van der Waals surface area contributed by atoms with Gasteiger partial charge in [-0.3, -0.25) is 9.59 Å². The van der Waals surface area contributed by atoms with Crippen molar-refractivity contribution in [2.75, 3.05) is 11.1 Å². The molecule has 0 aliphatic heterocycles. The van der Waals surface area contributed by atoms with E-state index in [9.17, 15) is 9.59 Å². The largest absolute Gasteiger partial charge is 0.342 e. The maximum Gasteiger partial charge on any atom is 0.253 e. The lowest BCUT2D eigenvalue weighted by Crippen LogP contribution is -2.31. The molecule has 0 aliphatic rings. The summed E-state index contributed by atoms with van der Waals surface area (Å²) in [5.41, 5.74) is 2.10. The third kappa shape index (κ3) is 7.46. The summed E-state index contributed by atoms with van der Waals surface area (Å²) in [6, 6.07) is 10.0. The number of amides is 2. The second kappa shape index (κ2) is 12.3. The van der Waals surface area contributed by atoms with E-state index in [1.807, 2.05) is 32.2 Å². The van der Waals surface area contributed by atoms with Crippen molar-refractivity contribution in [1.82, 2.24) is 20.1 Å². The molecule has 0 aliphatic carbocycles. The molecular formula is C24H26BrCl2N5O2S. The van der Waals surface area contributed by atoms with Gasteiger partial charge in [0.25, 0.3) is 5.91 Å². The molecule has 2 N–H and O–H groups in total. The summed E-state index contributed by atoms with van der Waals surface area (Å²) >= 11 is 16.9. The Balaban J connectivity index is 1.69. The van der Waals surface area contributed by atoms with Crippen LogP contribution in [0.25, 0.3) is 0 Å². The summed E-state index contributed by atoms with van der Waals surface area (Å²) in [6.45, 7) is 6.09. The first kappa shape index (κ1) is 27.5. The van der Waals surface area contributed by atoms with Crippen molar-refractivity contribution in [3.8, 4) is 0 Å². The van der Waals surface area contributed by atoms with E-state index in [4.69, 9.17) is 23.2 Å². The van der Waals surface area contributed by atoms with E-state index in [1.165, 1.54) is 17.8 Å². The van der Waals surface area contributed by atoms with Gasteiger partial charge in [-0.15, -0.1) is 10.2 Å². The van der Waals surface area contributed by atoms with Gasteiger partial charge in [0.15, 0.2) is 11.0 Å². The minimum Gasteiger partial charge on any atom is -0.342 e. The molecule has 7 nitrogen and oxygen atoms in total. The van der Waals surface area contributed by atoms with Crippen LogP contribution in [0.15, 0.2) is 46.0 Å². The van der Waals surface area contributed by atoms with E-state index in [0.717, 1.165) is 15.7 Å². The SMILES string of the molecule is Cc1cc(NC(=O)CSc2nnc([C@H](CC(C)C)NC(=O)c3ccc(Cl)cc3Cl)n2C)ccc1Br. The van der Waals surface area contributed by atoms with E-state index in [1.54, 1.807) is 16.7 Å². The first-order chi connectivity index (χ1) is 16.5. The molecule has 3 aromatic rings. The van der Waals surface area contributed by atoms with Crippen LogP contribution in [0.3, 0.4) is 0 Å². The average molecular weight is 599 g/mol. The van der Waals surface area contributed by atoms with Crippen molar-refractivity contribution in [1.29, 1.82) is 0 Å². The van der Waals surface area contributed by atoms with Crippen molar-refractivity contribution in [2.24, 2.45) is 13.0 Å². The summed E-state index contributed by atoms with van der Waals surface area (Å²) < 4.78 is 2.79. The quantitative estimate of drug-likeness (QED) is 0.277. The van der Waals surface area contributed by atoms with Gasteiger partial charge in [0.2, 0.25) is 5.91 Å². The van der Waals surface area contributed by atoms with Crippen molar-refractivity contribution in [2.45, 2.75) is 38.4 Å². The zero-order valence-corrected chi connectivity index (χ0v) is 23.6. The Kier molecular flexibility index (Phi) is 9.63. The number of rotatable bonds is 9. The summed E-state index contributed by atoms with van der Waals surface area (Å²) in [7, 11) is 1.82. The topological polar surface area (TPSA) is 88.9 Å². The number of thioether (sulfide) groups is 1. The molecule has 3 rings (SSSR count). The molecule has 2 aromatic carbocycles. The summed E-state index contributed by atoms with van der Waals surface area (Å²) in [6.07, 6.45) is 0.650. The lowest BCUT2D eigenvalue weighted by Gasteiger charge is -2.20. The molecule has 1 atom stereocenters. The molecule has 35 heavy (non-hydrogen) atoms. The van der Waals surface area contributed by atoms with Crippen LogP contribution < -0.4 is 10.6 Å². The molecule has 0 unspecified atom stereocenters. The van der Waals surface area contributed by atoms with Crippen LogP contribution >= 0.6 is 50.9 Å². The first-order valence-corrected chi connectivity index (χ1v) is 13.4. The number of hydrogen-bond donors (Lipinski definition) is 2. The van der Waals surface area contributed by atoms with E-state index in [-0.39, 0.29) is 34.5 Å². The van der Waals surface area contributed by atoms with Crippen molar-refractivity contribution in [3.05, 3.63) is 67.9 Å². The molecular weight excluding hydrogens is 573 g/mol. The number of carbonyl (C=O) groups is 2. The van der Waals surface area contributed by atoms with Crippen LogP contribution in [-0.2, 0) is 11.8 Å². The highest BCUT2D eigenvalue weighted by atomic mass is 79.9. The molecule has 11 heteroatoms. The molecule has 0 saturated carbocycles. The van der Waals surface area contributed by atoms with Crippen molar-refractivity contribution >= 4 is 68.4 Å². The Bertz CT molecular complexity index is 1230. The fourth-order valence-corrected chi connectivity index (χ4v) is 4.87. The summed E-state index contributed by atoms with van der Waals surface area (Å²) in [5.74, 6) is 0.588. The zero-order chi connectivity index (χ0) is 25.7. The third-order valence-corrected chi connectivity index (χ3v) is 7.60. The number of hydrogen-bond acceptors (Lipinski definition) is 5. The number of aromatic nitrogens is 3. The van der Waals surface area contributed by atoms with Crippen LogP contribution in [-0.4, -0.2) is 32.3 Å². The van der Waals surface area contributed by atoms with Gasteiger partial charge in [0.1, 0.15) is 0 Å². The van der Waals surface area contributed by atoms with E-state index >= 15 is 0 Å². The summed E-state index contributed by atoms with van der Waals surface area (Å²) in [5, 5.41) is 15.8. The molecule has 186 valence electrons.